The number of fused-ring (bicyclic) bond motifs is 2. The van der Waals surface area contributed by atoms with Crippen molar-refractivity contribution < 1.29 is 18.3 Å². The van der Waals surface area contributed by atoms with Crippen molar-refractivity contribution in [2.24, 2.45) is 22.4 Å². The molecule has 2 unspecified atom stereocenters. The number of amides is 1. The number of nitrogens with zero attached hydrogens (tertiary/aromatic N) is 6. The number of rotatable bonds is 5. The third-order valence-corrected chi connectivity index (χ3v) is 6.92. The SMILES string of the molecule is O=C(C1CC2(COc3cn4ncnc4cn3)CC1C2)N1N=CCC1c1cc(F)cc(F)c1. The van der Waals surface area contributed by atoms with Crippen LogP contribution < -0.4 is 4.74 Å². The van der Waals surface area contributed by atoms with E-state index in [2.05, 4.69) is 20.2 Å². The standard InChI is InChI=1S/C22H20F2N6O2/c23-15-3-13(4-16(24)5-15)18-1-2-27-30(18)21(31)17-8-22(6-14(17)7-22)11-32-20-10-29-19(9-25-20)26-12-28-29/h2-5,9-10,12,14,17-18H,1,6-8,11H2. The fourth-order valence-electron chi connectivity index (χ4n) is 5.45. The lowest BCUT2D eigenvalue weighted by molar-refractivity contribution is -0.138. The van der Waals surface area contributed by atoms with Crippen LogP contribution in [0.4, 0.5) is 8.78 Å². The second-order valence-corrected chi connectivity index (χ2v) is 8.99. The van der Waals surface area contributed by atoms with Crippen molar-refractivity contribution in [1.82, 2.24) is 24.6 Å². The number of hydrazone groups is 1. The van der Waals surface area contributed by atoms with Gasteiger partial charge in [-0.05, 0) is 42.9 Å². The molecule has 2 aromatic heterocycles. The predicted octanol–water partition coefficient (Wildman–Crippen LogP) is 3.16. The van der Waals surface area contributed by atoms with E-state index in [1.54, 1.807) is 23.1 Å². The Labute approximate surface area is 181 Å². The monoisotopic (exact) mass is 438 g/mol. The van der Waals surface area contributed by atoms with Gasteiger partial charge < -0.3 is 4.74 Å². The maximum atomic E-state index is 13.7. The summed E-state index contributed by atoms with van der Waals surface area (Å²) in [6.07, 6.45) is 9.34. The fourth-order valence-corrected chi connectivity index (χ4v) is 5.45. The van der Waals surface area contributed by atoms with Crippen LogP contribution in [-0.4, -0.2) is 43.3 Å². The zero-order chi connectivity index (χ0) is 21.9. The molecule has 0 saturated heterocycles. The topological polar surface area (TPSA) is 85.0 Å². The zero-order valence-electron chi connectivity index (χ0n) is 17.1. The van der Waals surface area contributed by atoms with E-state index >= 15 is 0 Å². The number of ether oxygens (including phenoxy) is 1. The molecule has 3 heterocycles. The van der Waals surface area contributed by atoms with Crippen LogP contribution in [0.25, 0.3) is 5.65 Å². The smallest absolute Gasteiger partial charge is 0.246 e. The number of benzene rings is 1. The number of carbonyl (C=O) groups excluding carboxylic acids is 1. The van der Waals surface area contributed by atoms with E-state index in [1.807, 2.05) is 0 Å². The maximum Gasteiger partial charge on any atom is 0.246 e. The van der Waals surface area contributed by atoms with Gasteiger partial charge in [0.2, 0.25) is 11.8 Å². The highest BCUT2D eigenvalue weighted by molar-refractivity contribution is 5.83. The molecule has 2 atom stereocenters. The molecular formula is C22H20F2N6O2. The van der Waals surface area contributed by atoms with Gasteiger partial charge in [-0.1, -0.05) is 0 Å². The molecule has 7 rings (SSSR count). The summed E-state index contributed by atoms with van der Waals surface area (Å²) in [4.78, 5) is 21.6. The number of aromatic nitrogens is 4. The molecule has 3 saturated carbocycles. The van der Waals surface area contributed by atoms with Crippen LogP contribution in [0, 0.1) is 28.9 Å². The highest BCUT2D eigenvalue weighted by atomic mass is 19.1. The molecule has 10 heteroatoms. The first kappa shape index (κ1) is 19.3. The van der Waals surface area contributed by atoms with Gasteiger partial charge >= 0.3 is 0 Å². The Balaban J connectivity index is 1.13. The average molecular weight is 438 g/mol. The molecule has 3 aromatic rings. The Kier molecular flexibility index (Phi) is 4.24. The van der Waals surface area contributed by atoms with E-state index in [-0.39, 0.29) is 23.2 Å². The largest absolute Gasteiger partial charge is 0.476 e. The van der Waals surface area contributed by atoms with E-state index in [0.29, 0.717) is 36.5 Å². The second kappa shape index (κ2) is 7.04. The lowest BCUT2D eigenvalue weighted by atomic mass is 9.70. The summed E-state index contributed by atoms with van der Waals surface area (Å²) >= 11 is 0. The molecule has 0 radical (unpaired) electrons. The second-order valence-electron chi connectivity index (χ2n) is 8.99. The molecule has 1 aromatic carbocycles. The molecular weight excluding hydrogens is 418 g/mol. The molecule has 0 spiro atoms. The highest BCUT2D eigenvalue weighted by Crippen LogP contribution is 2.62. The van der Waals surface area contributed by atoms with Crippen LogP contribution in [0.2, 0.25) is 0 Å². The third-order valence-electron chi connectivity index (χ3n) is 6.92. The van der Waals surface area contributed by atoms with Crippen molar-refractivity contribution in [3.8, 4) is 5.88 Å². The molecule has 0 N–H and O–H groups in total. The van der Waals surface area contributed by atoms with Gasteiger partial charge in [0.05, 0.1) is 25.0 Å². The van der Waals surface area contributed by atoms with Crippen molar-refractivity contribution in [2.75, 3.05) is 6.61 Å². The first-order valence-corrected chi connectivity index (χ1v) is 10.6. The first-order valence-electron chi connectivity index (χ1n) is 10.6. The summed E-state index contributed by atoms with van der Waals surface area (Å²) in [7, 11) is 0. The van der Waals surface area contributed by atoms with Crippen molar-refractivity contribution >= 4 is 17.8 Å². The summed E-state index contributed by atoms with van der Waals surface area (Å²) in [5, 5.41) is 9.74. The summed E-state index contributed by atoms with van der Waals surface area (Å²) in [5.74, 6) is -0.821. The Bertz CT molecular complexity index is 1220. The minimum atomic E-state index is -0.656. The normalized spacial score (nSPS) is 28.3. The molecule has 4 aliphatic rings. The molecule has 2 bridgehead atoms. The Hall–Kier alpha value is -3.43. The van der Waals surface area contributed by atoms with Crippen LogP contribution in [-0.2, 0) is 4.79 Å². The highest BCUT2D eigenvalue weighted by Gasteiger charge is 2.59. The van der Waals surface area contributed by atoms with Crippen molar-refractivity contribution in [2.45, 2.75) is 31.7 Å². The first-order chi connectivity index (χ1) is 15.5. The third kappa shape index (κ3) is 3.12. The van der Waals surface area contributed by atoms with E-state index in [1.165, 1.54) is 23.5 Å². The molecule has 3 fully saturated rings. The lowest BCUT2D eigenvalue weighted by Gasteiger charge is -2.38. The molecule has 3 aliphatic carbocycles. The Morgan fingerprint density at radius 2 is 1.97 bits per heavy atom. The van der Waals surface area contributed by atoms with Crippen molar-refractivity contribution in [3.63, 3.8) is 0 Å². The molecule has 1 aliphatic heterocycles. The quantitative estimate of drug-likeness (QED) is 0.611. The van der Waals surface area contributed by atoms with Crippen LogP contribution in [0.3, 0.4) is 0 Å². The van der Waals surface area contributed by atoms with Gasteiger partial charge in [0.1, 0.15) is 18.0 Å². The van der Waals surface area contributed by atoms with Crippen LogP contribution in [0.15, 0.2) is 42.0 Å². The van der Waals surface area contributed by atoms with Gasteiger partial charge in [-0.15, -0.1) is 0 Å². The number of halogens is 2. The van der Waals surface area contributed by atoms with Gasteiger partial charge in [-0.25, -0.2) is 28.3 Å². The van der Waals surface area contributed by atoms with Crippen LogP contribution in [0.1, 0.15) is 37.3 Å². The van der Waals surface area contributed by atoms with Gasteiger partial charge in [0.15, 0.2) is 5.65 Å². The summed E-state index contributed by atoms with van der Waals surface area (Å²) < 4.78 is 35.0. The maximum absolute atomic E-state index is 13.7. The zero-order valence-corrected chi connectivity index (χ0v) is 17.1. The van der Waals surface area contributed by atoms with Crippen LogP contribution in [0.5, 0.6) is 5.88 Å². The van der Waals surface area contributed by atoms with Gasteiger partial charge in [0, 0.05) is 30.0 Å². The van der Waals surface area contributed by atoms with Gasteiger partial charge in [-0.2, -0.15) is 10.2 Å². The van der Waals surface area contributed by atoms with E-state index < -0.39 is 17.7 Å². The Morgan fingerprint density at radius 1 is 1.16 bits per heavy atom. The van der Waals surface area contributed by atoms with E-state index in [0.717, 1.165) is 18.9 Å². The van der Waals surface area contributed by atoms with E-state index in [9.17, 15) is 13.6 Å². The van der Waals surface area contributed by atoms with Crippen molar-refractivity contribution in [3.05, 3.63) is 54.1 Å². The number of hydrogen-bond acceptors (Lipinski definition) is 6. The minimum Gasteiger partial charge on any atom is -0.476 e. The molecule has 1 amide bonds. The predicted molar refractivity (Wildman–Crippen MR) is 109 cm³/mol. The van der Waals surface area contributed by atoms with Crippen molar-refractivity contribution in [1.29, 1.82) is 0 Å². The molecule has 8 nitrogen and oxygen atoms in total. The number of carbonyl (C=O) groups is 1. The molecule has 32 heavy (non-hydrogen) atoms. The van der Waals surface area contributed by atoms with Gasteiger partial charge in [0.25, 0.3) is 0 Å². The summed E-state index contributed by atoms with van der Waals surface area (Å²) in [6, 6.07) is 2.89. The minimum absolute atomic E-state index is 0.0616. The Morgan fingerprint density at radius 3 is 2.78 bits per heavy atom. The lowest BCUT2D eigenvalue weighted by Crippen LogP contribution is -2.36. The van der Waals surface area contributed by atoms with E-state index in [4.69, 9.17) is 4.74 Å². The summed E-state index contributed by atoms with van der Waals surface area (Å²) in [6.45, 7) is 0.474. The van der Waals surface area contributed by atoms with Gasteiger partial charge in [-0.3, -0.25) is 4.79 Å². The number of hydrogen-bond donors (Lipinski definition) is 0. The van der Waals surface area contributed by atoms with Crippen LogP contribution >= 0.6 is 0 Å². The summed E-state index contributed by atoms with van der Waals surface area (Å²) in [5.41, 5.74) is 1.00. The average Bonchev–Trinajstić information content (AvgIpc) is 3.52. The fraction of sp³-hybridized carbons (Fsp3) is 0.409. The molecule has 164 valence electrons.